The zero-order valence-corrected chi connectivity index (χ0v) is 11.3. The van der Waals surface area contributed by atoms with Crippen LogP contribution in [0.5, 0.6) is 0 Å². The molecule has 0 unspecified atom stereocenters. The van der Waals surface area contributed by atoms with Crippen molar-refractivity contribution in [3.8, 4) is 6.07 Å². The van der Waals surface area contributed by atoms with Crippen LogP contribution in [0.3, 0.4) is 0 Å². The van der Waals surface area contributed by atoms with Crippen molar-refractivity contribution in [2.24, 2.45) is 5.41 Å². The molecule has 0 aliphatic rings. The average Bonchev–Trinajstić information content (AvgIpc) is 2.41. The monoisotopic (exact) mass is 247 g/mol. The number of hydrogen-bond acceptors (Lipinski definition) is 4. The van der Waals surface area contributed by atoms with Crippen molar-refractivity contribution in [3.05, 3.63) is 23.4 Å². The summed E-state index contributed by atoms with van der Waals surface area (Å²) in [4.78, 5) is 4.33. The lowest BCUT2D eigenvalue weighted by molar-refractivity contribution is 0.127. The van der Waals surface area contributed by atoms with Crippen LogP contribution >= 0.6 is 0 Å². The van der Waals surface area contributed by atoms with E-state index in [1.807, 2.05) is 13.0 Å². The van der Waals surface area contributed by atoms with Gasteiger partial charge in [-0.05, 0) is 31.9 Å². The maximum atomic E-state index is 9.51. The van der Waals surface area contributed by atoms with Crippen molar-refractivity contribution in [2.45, 2.75) is 33.6 Å². The van der Waals surface area contributed by atoms with E-state index < -0.39 is 0 Å². The molecule has 0 radical (unpaired) electrons. The third-order valence-electron chi connectivity index (χ3n) is 3.62. The molecule has 0 amide bonds. The number of nitriles is 1. The lowest BCUT2D eigenvalue weighted by atomic mass is 9.83. The Hall–Kier alpha value is -1.60. The fourth-order valence-electron chi connectivity index (χ4n) is 1.83. The molecule has 1 aromatic rings. The highest BCUT2D eigenvalue weighted by Crippen LogP contribution is 2.26. The maximum absolute atomic E-state index is 9.51. The number of anilines is 1. The summed E-state index contributed by atoms with van der Waals surface area (Å²) >= 11 is 0. The predicted octanol–water partition coefficient (Wildman–Crippen LogP) is 2.47. The molecule has 1 aromatic heterocycles. The van der Waals surface area contributed by atoms with Crippen LogP contribution in [-0.2, 0) is 0 Å². The molecule has 0 saturated carbocycles. The van der Waals surface area contributed by atoms with E-state index in [0.29, 0.717) is 17.9 Å². The van der Waals surface area contributed by atoms with Gasteiger partial charge in [0.15, 0.2) is 0 Å². The van der Waals surface area contributed by atoms with Crippen LogP contribution in [0.15, 0.2) is 12.1 Å². The predicted molar refractivity (Wildman–Crippen MR) is 72.3 cm³/mol. The van der Waals surface area contributed by atoms with Crippen molar-refractivity contribution in [2.75, 3.05) is 18.5 Å². The molecule has 0 atom stereocenters. The van der Waals surface area contributed by atoms with Gasteiger partial charge in [-0.25, -0.2) is 4.98 Å². The van der Waals surface area contributed by atoms with Gasteiger partial charge in [0, 0.05) is 17.7 Å². The largest absolute Gasteiger partial charge is 0.396 e. The summed E-state index contributed by atoms with van der Waals surface area (Å²) in [5.74, 6) is 0.609. The number of rotatable bonds is 6. The molecule has 0 aliphatic heterocycles. The first-order valence-electron chi connectivity index (χ1n) is 6.33. The Bertz CT molecular complexity index is 425. The topological polar surface area (TPSA) is 68.9 Å². The van der Waals surface area contributed by atoms with E-state index in [9.17, 15) is 5.11 Å². The first-order valence-corrected chi connectivity index (χ1v) is 6.33. The summed E-state index contributed by atoms with van der Waals surface area (Å²) in [5.41, 5.74) is 1.27. The molecule has 0 fully saturated rings. The van der Waals surface area contributed by atoms with Crippen molar-refractivity contribution in [1.82, 2.24) is 4.98 Å². The van der Waals surface area contributed by atoms with Gasteiger partial charge < -0.3 is 10.4 Å². The standard InChI is InChI=1S/C14H21N3O/c1-4-14(5-2,10-18)9-16-13-12(8-15)7-6-11(3)17-13/h6-7,18H,4-5,9-10H2,1-3H3,(H,16,17). The summed E-state index contributed by atoms with van der Waals surface area (Å²) in [6.45, 7) is 6.79. The minimum absolute atomic E-state index is 0.140. The maximum Gasteiger partial charge on any atom is 0.144 e. The second-order valence-corrected chi connectivity index (χ2v) is 4.68. The van der Waals surface area contributed by atoms with E-state index in [-0.39, 0.29) is 12.0 Å². The summed E-state index contributed by atoms with van der Waals surface area (Å²) in [6, 6.07) is 5.71. The van der Waals surface area contributed by atoms with Crippen LogP contribution in [0.25, 0.3) is 0 Å². The highest BCUT2D eigenvalue weighted by Gasteiger charge is 2.25. The Morgan fingerprint density at radius 3 is 2.56 bits per heavy atom. The molecule has 0 aliphatic carbocycles. The van der Waals surface area contributed by atoms with Gasteiger partial charge in [-0.2, -0.15) is 5.26 Å². The van der Waals surface area contributed by atoms with E-state index >= 15 is 0 Å². The molecule has 98 valence electrons. The number of pyridine rings is 1. The zero-order valence-electron chi connectivity index (χ0n) is 11.3. The molecule has 0 aromatic carbocycles. The van der Waals surface area contributed by atoms with E-state index in [0.717, 1.165) is 18.5 Å². The third kappa shape index (κ3) is 3.21. The fraction of sp³-hybridized carbons (Fsp3) is 0.571. The Labute approximate surface area is 109 Å². The summed E-state index contributed by atoms with van der Waals surface area (Å²) < 4.78 is 0. The van der Waals surface area contributed by atoms with Crippen molar-refractivity contribution < 1.29 is 5.11 Å². The second-order valence-electron chi connectivity index (χ2n) is 4.68. The SMILES string of the molecule is CCC(CC)(CO)CNc1nc(C)ccc1C#N. The van der Waals surface area contributed by atoms with Crippen LogP contribution in [0.1, 0.15) is 37.9 Å². The van der Waals surface area contributed by atoms with Crippen LogP contribution in [0.4, 0.5) is 5.82 Å². The number of nitrogens with zero attached hydrogens (tertiary/aromatic N) is 2. The third-order valence-corrected chi connectivity index (χ3v) is 3.62. The molecule has 18 heavy (non-hydrogen) atoms. The van der Waals surface area contributed by atoms with Gasteiger partial charge in [-0.15, -0.1) is 0 Å². The molecule has 1 rings (SSSR count). The molecular formula is C14H21N3O. The average molecular weight is 247 g/mol. The van der Waals surface area contributed by atoms with Gasteiger partial charge in [0.25, 0.3) is 0 Å². The Balaban J connectivity index is 2.85. The number of aromatic nitrogens is 1. The van der Waals surface area contributed by atoms with Crippen molar-refractivity contribution >= 4 is 5.82 Å². The van der Waals surface area contributed by atoms with E-state index in [4.69, 9.17) is 5.26 Å². The number of aryl methyl sites for hydroxylation is 1. The van der Waals surface area contributed by atoms with E-state index in [1.54, 1.807) is 6.07 Å². The number of nitrogens with one attached hydrogen (secondary N) is 1. The Morgan fingerprint density at radius 1 is 1.39 bits per heavy atom. The highest BCUT2D eigenvalue weighted by molar-refractivity contribution is 5.52. The van der Waals surface area contributed by atoms with Gasteiger partial charge in [0.2, 0.25) is 0 Å². The smallest absolute Gasteiger partial charge is 0.144 e. The fourth-order valence-corrected chi connectivity index (χ4v) is 1.83. The minimum atomic E-state index is -0.141. The Kier molecular flexibility index (Phi) is 5.11. The molecule has 1 heterocycles. The lowest BCUT2D eigenvalue weighted by Gasteiger charge is -2.29. The first-order chi connectivity index (χ1) is 8.60. The van der Waals surface area contributed by atoms with Gasteiger partial charge in [0.1, 0.15) is 11.9 Å². The summed E-state index contributed by atoms with van der Waals surface area (Å²) in [7, 11) is 0. The molecule has 2 N–H and O–H groups in total. The first kappa shape index (κ1) is 14.5. The minimum Gasteiger partial charge on any atom is -0.396 e. The molecule has 4 heteroatoms. The van der Waals surface area contributed by atoms with Crippen molar-refractivity contribution in [3.63, 3.8) is 0 Å². The van der Waals surface area contributed by atoms with E-state index in [1.165, 1.54) is 0 Å². The molecule has 4 nitrogen and oxygen atoms in total. The molecule has 0 saturated heterocycles. The van der Waals surface area contributed by atoms with E-state index in [2.05, 4.69) is 30.2 Å². The number of aliphatic hydroxyl groups is 1. The van der Waals surface area contributed by atoms with Gasteiger partial charge in [0.05, 0.1) is 12.2 Å². The normalized spacial score (nSPS) is 11.1. The lowest BCUT2D eigenvalue weighted by Crippen LogP contribution is -2.32. The molecule has 0 bridgehead atoms. The highest BCUT2D eigenvalue weighted by atomic mass is 16.3. The van der Waals surface area contributed by atoms with Gasteiger partial charge in [-0.3, -0.25) is 0 Å². The van der Waals surface area contributed by atoms with Crippen LogP contribution in [0.2, 0.25) is 0 Å². The van der Waals surface area contributed by atoms with Crippen LogP contribution in [0, 0.1) is 23.7 Å². The quantitative estimate of drug-likeness (QED) is 0.810. The number of aliphatic hydroxyl groups excluding tert-OH is 1. The van der Waals surface area contributed by atoms with Gasteiger partial charge in [-0.1, -0.05) is 13.8 Å². The molecular weight excluding hydrogens is 226 g/mol. The van der Waals surface area contributed by atoms with Crippen LogP contribution in [-0.4, -0.2) is 23.2 Å². The Morgan fingerprint density at radius 2 is 2.06 bits per heavy atom. The van der Waals surface area contributed by atoms with Gasteiger partial charge >= 0.3 is 0 Å². The summed E-state index contributed by atoms with van der Waals surface area (Å²) in [5, 5.41) is 21.7. The second kappa shape index (κ2) is 6.36. The number of hydrogen-bond donors (Lipinski definition) is 2. The zero-order chi connectivity index (χ0) is 13.6. The summed E-state index contributed by atoms with van der Waals surface area (Å²) in [6.07, 6.45) is 1.78. The van der Waals surface area contributed by atoms with Crippen molar-refractivity contribution in [1.29, 1.82) is 5.26 Å². The van der Waals surface area contributed by atoms with Crippen LogP contribution < -0.4 is 5.32 Å². The molecule has 0 spiro atoms.